The molecule has 0 heterocycles. The van der Waals surface area contributed by atoms with Crippen molar-refractivity contribution in [2.24, 2.45) is 0 Å². The molecule has 18 heavy (non-hydrogen) atoms. The SMILES string of the molecule is CC(=N)CCC(=O)CCOC(=O)c1ccccc1. The lowest BCUT2D eigenvalue weighted by Gasteiger charge is -2.04. The molecule has 0 fully saturated rings. The normalized spacial score (nSPS) is 9.83. The van der Waals surface area contributed by atoms with Crippen LogP contribution in [0.3, 0.4) is 0 Å². The summed E-state index contributed by atoms with van der Waals surface area (Å²) >= 11 is 0. The number of ketones is 1. The number of Topliss-reactive ketones (excluding diaryl/α,β-unsaturated/α-hetero) is 1. The summed E-state index contributed by atoms with van der Waals surface area (Å²) in [5, 5.41) is 7.21. The highest BCUT2D eigenvalue weighted by Gasteiger charge is 2.08. The van der Waals surface area contributed by atoms with Crippen LogP contribution in [0.2, 0.25) is 0 Å². The summed E-state index contributed by atoms with van der Waals surface area (Å²) in [4.78, 5) is 22.9. The van der Waals surface area contributed by atoms with Crippen LogP contribution in [0.4, 0.5) is 0 Å². The molecule has 4 heteroatoms. The highest BCUT2D eigenvalue weighted by atomic mass is 16.5. The van der Waals surface area contributed by atoms with Gasteiger partial charge < -0.3 is 10.1 Å². The van der Waals surface area contributed by atoms with E-state index in [4.69, 9.17) is 10.1 Å². The Kier molecular flexibility index (Phi) is 5.77. The highest BCUT2D eigenvalue weighted by molar-refractivity contribution is 5.89. The van der Waals surface area contributed by atoms with Crippen molar-refractivity contribution in [2.45, 2.75) is 26.2 Å². The first kappa shape index (κ1) is 14.1. The molecule has 0 aliphatic heterocycles. The molecule has 0 saturated carbocycles. The van der Waals surface area contributed by atoms with E-state index in [1.54, 1.807) is 31.2 Å². The molecule has 0 saturated heterocycles. The molecular formula is C14H17NO3. The molecule has 1 N–H and O–H groups in total. The zero-order valence-electron chi connectivity index (χ0n) is 10.4. The van der Waals surface area contributed by atoms with Gasteiger partial charge in [-0.2, -0.15) is 0 Å². The fraction of sp³-hybridized carbons (Fsp3) is 0.357. The van der Waals surface area contributed by atoms with E-state index in [1.807, 2.05) is 6.07 Å². The number of rotatable bonds is 7. The Hall–Kier alpha value is -1.97. The van der Waals surface area contributed by atoms with Crippen LogP contribution in [-0.4, -0.2) is 24.1 Å². The zero-order chi connectivity index (χ0) is 13.4. The molecule has 4 nitrogen and oxygen atoms in total. The molecule has 0 aliphatic carbocycles. The molecular weight excluding hydrogens is 230 g/mol. The van der Waals surface area contributed by atoms with Gasteiger partial charge in [-0.25, -0.2) is 4.79 Å². The summed E-state index contributed by atoms with van der Waals surface area (Å²) in [5.74, 6) is -0.394. The maximum absolute atomic E-state index is 11.5. The van der Waals surface area contributed by atoms with Gasteiger partial charge in [-0.1, -0.05) is 18.2 Å². The van der Waals surface area contributed by atoms with E-state index in [1.165, 1.54) is 0 Å². The van der Waals surface area contributed by atoms with E-state index in [0.29, 0.717) is 24.1 Å². The van der Waals surface area contributed by atoms with Crippen molar-refractivity contribution >= 4 is 17.5 Å². The Bertz CT molecular complexity index is 426. The Balaban J connectivity index is 2.24. The minimum atomic E-state index is -0.411. The maximum Gasteiger partial charge on any atom is 0.338 e. The molecule has 0 aliphatic rings. The lowest BCUT2D eigenvalue weighted by molar-refractivity contribution is -0.119. The third-order valence-corrected chi connectivity index (χ3v) is 2.40. The van der Waals surface area contributed by atoms with Crippen LogP contribution in [0.25, 0.3) is 0 Å². The molecule has 0 unspecified atom stereocenters. The summed E-state index contributed by atoms with van der Waals surface area (Å²) in [6.45, 7) is 1.77. The molecule has 0 bridgehead atoms. The van der Waals surface area contributed by atoms with Crippen molar-refractivity contribution in [3.63, 3.8) is 0 Å². The fourth-order valence-electron chi connectivity index (χ4n) is 1.37. The summed E-state index contributed by atoms with van der Waals surface area (Å²) in [6.07, 6.45) is 1.04. The lowest BCUT2D eigenvalue weighted by atomic mass is 10.1. The van der Waals surface area contributed by atoms with E-state index in [-0.39, 0.29) is 18.8 Å². The Morgan fingerprint density at radius 2 is 1.78 bits per heavy atom. The summed E-state index contributed by atoms with van der Waals surface area (Å²) in [7, 11) is 0. The minimum Gasteiger partial charge on any atom is -0.462 e. The molecule has 0 aromatic heterocycles. The van der Waals surface area contributed by atoms with Gasteiger partial charge in [-0.15, -0.1) is 0 Å². The van der Waals surface area contributed by atoms with Crippen molar-refractivity contribution in [2.75, 3.05) is 6.61 Å². The summed E-state index contributed by atoms with van der Waals surface area (Å²) in [5.41, 5.74) is 0.977. The quantitative estimate of drug-likeness (QED) is 0.595. The molecule has 0 spiro atoms. The largest absolute Gasteiger partial charge is 0.462 e. The summed E-state index contributed by atoms with van der Waals surface area (Å²) < 4.78 is 4.99. The lowest BCUT2D eigenvalue weighted by Crippen LogP contribution is -2.10. The van der Waals surface area contributed by atoms with Gasteiger partial charge in [-0.05, 0) is 25.5 Å². The zero-order valence-corrected chi connectivity index (χ0v) is 10.4. The number of carbonyl (C=O) groups excluding carboxylic acids is 2. The number of nitrogens with one attached hydrogen (secondary N) is 1. The Labute approximate surface area is 106 Å². The van der Waals surface area contributed by atoms with Crippen LogP contribution in [0, 0.1) is 5.41 Å². The van der Waals surface area contributed by atoms with Crippen LogP contribution in [0.5, 0.6) is 0 Å². The van der Waals surface area contributed by atoms with E-state index in [9.17, 15) is 9.59 Å². The second kappa shape index (κ2) is 7.37. The smallest absolute Gasteiger partial charge is 0.338 e. The van der Waals surface area contributed by atoms with Gasteiger partial charge in [0, 0.05) is 18.6 Å². The Morgan fingerprint density at radius 3 is 2.39 bits per heavy atom. The maximum atomic E-state index is 11.5. The number of hydrogen-bond acceptors (Lipinski definition) is 4. The molecule has 96 valence electrons. The third kappa shape index (κ3) is 5.39. The van der Waals surface area contributed by atoms with Gasteiger partial charge in [0.2, 0.25) is 0 Å². The average Bonchev–Trinajstić information content (AvgIpc) is 2.37. The molecule has 0 radical (unpaired) electrons. The second-order valence-corrected chi connectivity index (χ2v) is 4.07. The second-order valence-electron chi connectivity index (χ2n) is 4.07. The van der Waals surface area contributed by atoms with Gasteiger partial charge in [0.15, 0.2) is 0 Å². The first-order valence-corrected chi connectivity index (χ1v) is 5.87. The monoisotopic (exact) mass is 247 g/mol. The topological polar surface area (TPSA) is 67.2 Å². The summed E-state index contributed by atoms with van der Waals surface area (Å²) in [6, 6.07) is 8.67. The van der Waals surface area contributed by atoms with Crippen LogP contribution in [-0.2, 0) is 9.53 Å². The van der Waals surface area contributed by atoms with Gasteiger partial charge in [0.25, 0.3) is 0 Å². The van der Waals surface area contributed by atoms with Gasteiger partial charge in [0.05, 0.1) is 12.2 Å². The fourth-order valence-corrected chi connectivity index (χ4v) is 1.37. The van der Waals surface area contributed by atoms with Crippen LogP contribution in [0.1, 0.15) is 36.5 Å². The Morgan fingerprint density at radius 1 is 1.11 bits per heavy atom. The van der Waals surface area contributed by atoms with Crippen molar-refractivity contribution < 1.29 is 14.3 Å². The molecule has 1 rings (SSSR count). The third-order valence-electron chi connectivity index (χ3n) is 2.40. The average molecular weight is 247 g/mol. The number of benzene rings is 1. The van der Waals surface area contributed by atoms with Crippen molar-refractivity contribution in [3.8, 4) is 0 Å². The number of esters is 1. The molecule has 1 aromatic rings. The van der Waals surface area contributed by atoms with Crippen molar-refractivity contribution in [1.29, 1.82) is 5.41 Å². The van der Waals surface area contributed by atoms with E-state index in [0.717, 1.165) is 0 Å². The minimum absolute atomic E-state index is 0.0162. The molecule has 0 atom stereocenters. The van der Waals surface area contributed by atoms with Crippen molar-refractivity contribution in [3.05, 3.63) is 35.9 Å². The van der Waals surface area contributed by atoms with Gasteiger partial charge >= 0.3 is 5.97 Å². The van der Waals surface area contributed by atoms with Gasteiger partial charge in [-0.3, -0.25) is 4.79 Å². The van der Waals surface area contributed by atoms with E-state index in [2.05, 4.69) is 0 Å². The standard InChI is InChI=1S/C14H17NO3/c1-11(15)7-8-13(16)9-10-18-14(17)12-5-3-2-4-6-12/h2-6,15H,7-10H2,1H3. The van der Waals surface area contributed by atoms with Crippen LogP contribution in [0.15, 0.2) is 30.3 Å². The number of carbonyl (C=O) groups is 2. The number of hydrogen-bond donors (Lipinski definition) is 1. The van der Waals surface area contributed by atoms with Crippen molar-refractivity contribution in [1.82, 2.24) is 0 Å². The predicted octanol–water partition coefficient (Wildman–Crippen LogP) is 2.62. The highest BCUT2D eigenvalue weighted by Crippen LogP contribution is 2.02. The van der Waals surface area contributed by atoms with Crippen LogP contribution < -0.4 is 0 Å². The molecule has 1 aromatic carbocycles. The predicted molar refractivity (Wildman–Crippen MR) is 69.0 cm³/mol. The van der Waals surface area contributed by atoms with Gasteiger partial charge in [0.1, 0.15) is 5.78 Å². The van der Waals surface area contributed by atoms with E-state index >= 15 is 0 Å². The first-order chi connectivity index (χ1) is 8.59. The van der Waals surface area contributed by atoms with E-state index < -0.39 is 5.97 Å². The first-order valence-electron chi connectivity index (χ1n) is 5.87. The van der Waals surface area contributed by atoms with Crippen LogP contribution >= 0.6 is 0 Å². The number of ether oxygens (including phenoxy) is 1. The molecule has 0 amide bonds.